The van der Waals surface area contributed by atoms with Gasteiger partial charge in [-0.1, -0.05) is 18.2 Å². The number of hydrogen-bond acceptors (Lipinski definition) is 4. The zero-order valence-electron chi connectivity index (χ0n) is 18.2. The molecule has 3 heterocycles. The van der Waals surface area contributed by atoms with Crippen molar-refractivity contribution >= 4 is 23.1 Å². The fraction of sp³-hybridized carbons (Fsp3) is 0.391. The van der Waals surface area contributed by atoms with Gasteiger partial charge in [-0.2, -0.15) is 13.2 Å². The minimum atomic E-state index is -4.36. The predicted octanol–water partition coefficient (Wildman–Crippen LogP) is 3.84. The van der Waals surface area contributed by atoms with Crippen LogP contribution in [0.15, 0.2) is 54.7 Å². The molecular weight excluding hydrogens is 433 g/mol. The number of primary amides is 1. The third kappa shape index (κ3) is 5.39. The summed E-state index contributed by atoms with van der Waals surface area (Å²) in [6, 6.07) is 12.7. The highest BCUT2D eigenvalue weighted by molar-refractivity contribution is 5.90. The Hall–Kier alpha value is -3.27. The van der Waals surface area contributed by atoms with Gasteiger partial charge in [-0.25, -0.2) is 9.31 Å². The van der Waals surface area contributed by atoms with E-state index in [1.165, 1.54) is 17.0 Å². The molecule has 0 atom stereocenters. The fourth-order valence-electron chi connectivity index (χ4n) is 4.20. The number of piperazine rings is 1. The van der Waals surface area contributed by atoms with Gasteiger partial charge in [0.05, 0.1) is 11.1 Å². The Balaban J connectivity index is 1.26. The number of nitrogens with two attached hydrogens (primary N) is 1. The number of nitrogens with zero attached hydrogens (tertiary/aromatic N) is 5. The van der Waals surface area contributed by atoms with Crippen LogP contribution in [0.3, 0.4) is 0 Å². The molecule has 3 aromatic rings. The number of fused-ring (bicyclic) bond motifs is 1. The van der Waals surface area contributed by atoms with Crippen LogP contribution in [-0.2, 0) is 6.18 Å². The van der Waals surface area contributed by atoms with Crippen LogP contribution in [0.2, 0.25) is 0 Å². The van der Waals surface area contributed by atoms with E-state index in [4.69, 9.17) is 5.73 Å². The van der Waals surface area contributed by atoms with Crippen LogP contribution in [0.1, 0.15) is 18.4 Å². The van der Waals surface area contributed by atoms with Gasteiger partial charge in [-0.15, -0.1) is 5.10 Å². The zero-order chi connectivity index (χ0) is 23.4. The summed E-state index contributed by atoms with van der Waals surface area (Å²) in [6.07, 6.45) is -0.962. The summed E-state index contributed by atoms with van der Waals surface area (Å²) in [4.78, 5) is 17.5. The van der Waals surface area contributed by atoms with Crippen molar-refractivity contribution in [2.45, 2.75) is 19.0 Å². The number of pyridine rings is 1. The number of hydrogen-bond donors (Lipinski definition) is 1. The van der Waals surface area contributed by atoms with E-state index in [1.807, 2.05) is 30.5 Å². The molecule has 2 N–H and O–H groups in total. The number of unbranched alkanes of at least 4 members (excludes halogenated alkanes) is 1. The van der Waals surface area contributed by atoms with Crippen molar-refractivity contribution < 1.29 is 18.0 Å². The second kappa shape index (κ2) is 9.70. The van der Waals surface area contributed by atoms with E-state index in [0.29, 0.717) is 38.5 Å². The van der Waals surface area contributed by atoms with Crippen molar-refractivity contribution in [1.29, 1.82) is 0 Å². The SMILES string of the molecule is NC(=O)N(CCCCN1CCN(c2ccccc2C(F)(F)F)CC1)c1cc2ccccn2n1. The van der Waals surface area contributed by atoms with Crippen molar-refractivity contribution in [3.05, 3.63) is 60.3 Å². The molecule has 0 bridgehead atoms. The molecule has 1 saturated heterocycles. The van der Waals surface area contributed by atoms with E-state index >= 15 is 0 Å². The first-order chi connectivity index (χ1) is 15.8. The van der Waals surface area contributed by atoms with Crippen LogP contribution in [-0.4, -0.2) is 59.8 Å². The predicted molar refractivity (Wildman–Crippen MR) is 121 cm³/mol. The van der Waals surface area contributed by atoms with Gasteiger partial charge in [0.15, 0.2) is 5.82 Å². The number of carbonyl (C=O) groups is 1. The summed E-state index contributed by atoms with van der Waals surface area (Å²) >= 11 is 0. The van der Waals surface area contributed by atoms with Crippen LogP contribution in [0.4, 0.5) is 29.5 Å². The molecule has 1 aliphatic heterocycles. The Morgan fingerprint density at radius 2 is 1.76 bits per heavy atom. The summed E-state index contributed by atoms with van der Waals surface area (Å²) in [5.74, 6) is 0.519. The fourth-order valence-corrected chi connectivity index (χ4v) is 4.20. The molecule has 4 rings (SSSR count). The van der Waals surface area contributed by atoms with Gasteiger partial charge < -0.3 is 10.6 Å². The van der Waals surface area contributed by atoms with E-state index in [-0.39, 0.29) is 5.69 Å². The number of urea groups is 1. The number of amides is 2. The molecule has 0 saturated carbocycles. The maximum absolute atomic E-state index is 13.3. The van der Waals surface area contributed by atoms with Gasteiger partial charge in [-0.3, -0.25) is 9.80 Å². The van der Waals surface area contributed by atoms with Gasteiger partial charge in [-0.05, 0) is 43.7 Å². The molecule has 0 unspecified atom stereocenters. The summed E-state index contributed by atoms with van der Waals surface area (Å²) in [5, 5.41) is 4.41. The molecule has 2 aromatic heterocycles. The first-order valence-electron chi connectivity index (χ1n) is 11.0. The standard InChI is InChI=1S/C23H27F3N6O/c24-23(25,26)19-8-1-2-9-20(19)30-15-13-29(14-16-30)10-5-6-11-31(22(27)33)21-17-18-7-3-4-12-32(18)28-21/h1-4,7-9,12,17H,5-6,10-11,13-16H2,(H2,27,33). The normalized spacial score (nSPS) is 15.2. The molecule has 2 amide bonds. The van der Waals surface area contributed by atoms with Crippen molar-refractivity contribution in [3.8, 4) is 0 Å². The van der Waals surface area contributed by atoms with Crippen molar-refractivity contribution in [2.24, 2.45) is 5.73 Å². The summed E-state index contributed by atoms with van der Waals surface area (Å²) < 4.78 is 41.6. The average Bonchev–Trinajstić information content (AvgIpc) is 3.22. The minimum Gasteiger partial charge on any atom is -0.368 e. The highest BCUT2D eigenvalue weighted by Crippen LogP contribution is 2.36. The smallest absolute Gasteiger partial charge is 0.368 e. The molecule has 0 aliphatic carbocycles. The monoisotopic (exact) mass is 460 g/mol. The summed E-state index contributed by atoms with van der Waals surface area (Å²) in [7, 11) is 0. The number of halogens is 3. The quantitative estimate of drug-likeness (QED) is 0.544. The van der Waals surface area contributed by atoms with Crippen molar-refractivity contribution in [1.82, 2.24) is 14.5 Å². The van der Waals surface area contributed by atoms with E-state index in [9.17, 15) is 18.0 Å². The Labute approximate surface area is 190 Å². The third-order valence-corrected chi connectivity index (χ3v) is 5.93. The molecular formula is C23H27F3N6O. The lowest BCUT2D eigenvalue weighted by molar-refractivity contribution is -0.137. The first kappa shape index (κ1) is 22.9. The molecule has 1 fully saturated rings. The molecule has 7 nitrogen and oxygen atoms in total. The summed E-state index contributed by atoms with van der Waals surface area (Å²) in [6.45, 7) is 3.74. The highest BCUT2D eigenvalue weighted by atomic mass is 19.4. The number of para-hydroxylation sites is 1. The third-order valence-electron chi connectivity index (χ3n) is 5.93. The Morgan fingerprint density at radius 3 is 2.45 bits per heavy atom. The van der Waals surface area contributed by atoms with Crippen LogP contribution in [0, 0.1) is 0 Å². The van der Waals surface area contributed by atoms with E-state index in [1.54, 1.807) is 15.5 Å². The van der Waals surface area contributed by atoms with Crippen LogP contribution in [0.5, 0.6) is 0 Å². The number of benzene rings is 1. The van der Waals surface area contributed by atoms with E-state index < -0.39 is 17.8 Å². The molecule has 0 radical (unpaired) electrons. The average molecular weight is 461 g/mol. The van der Waals surface area contributed by atoms with Gasteiger partial charge in [0.2, 0.25) is 0 Å². The van der Waals surface area contributed by atoms with Crippen molar-refractivity contribution in [2.75, 3.05) is 49.1 Å². The van der Waals surface area contributed by atoms with Gasteiger partial charge in [0, 0.05) is 50.7 Å². The van der Waals surface area contributed by atoms with Crippen LogP contribution >= 0.6 is 0 Å². The maximum atomic E-state index is 13.3. The number of rotatable bonds is 7. The Morgan fingerprint density at radius 1 is 1.03 bits per heavy atom. The second-order valence-electron chi connectivity index (χ2n) is 8.11. The number of carbonyl (C=O) groups excluding carboxylic acids is 1. The van der Waals surface area contributed by atoms with Gasteiger partial charge in [0.25, 0.3) is 0 Å². The Kier molecular flexibility index (Phi) is 6.73. The van der Waals surface area contributed by atoms with Gasteiger partial charge in [0.1, 0.15) is 0 Å². The van der Waals surface area contributed by atoms with Crippen molar-refractivity contribution in [3.63, 3.8) is 0 Å². The molecule has 33 heavy (non-hydrogen) atoms. The largest absolute Gasteiger partial charge is 0.418 e. The Bertz CT molecular complexity index is 1060. The van der Waals surface area contributed by atoms with Crippen LogP contribution < -0.4 is 15.5 Å². The molecule has 176 valence electrons. The first-order valence-corrected chi connectivity index (χ1v) is 11.0. The lowest BCUT2D eigenvalue weighted by Crippen LogP contribution is -2.47. The number of alkyl halides is 3. The second-order valence-corrected chi connectivity index (χ2v) is 8.11. The molecule has 10 heteroatoms. The maximum Gasteiger partial charge on any atom is 0.418 e. The molecule has 1 aliphatic rings. The number of aromatic nitrogens is 2. The van der Waals surface area contributed by atoms with E-state index in [0.717, 1.165) is 31.0 Å². The minimum absolute atomic E-state index is 0.245. The summed E-state index contributed by atoms with van der Waals surface area (Å²) in [5.41, 5.74) is 6.11. The lowest BCUT2D eigenvalue weighted by Gasteiger charge is -2.37. The van der Waals surface area contributed by atoms with E-state index in [2.05, 4.69) is 10.00 Å². The number of anilines is 2. The lowest BCUT2D eigenvalue weighted by atomic mass is 10.1. The van der Waals surface area contributed by atoms with Crippen LogP contribution in [0.25, 0.3) is 5.52 Å². The highest BCUT2D eigenvalue weighted by Gasteiger charge is 2.35. The zero-order valence-corrected chi connectivity index (χ0v) is 18.2. The molecule has 0 spiro atoms. The topological polar surface area (TPSA) is 70.1 Å². The molecule has 1 aromatic carbocycles. The van der Waals surface area contributed by atoms with Gasteiger partial charge >= 0.3 is 12.2 Å².